The van der Waals surface area contributed by atoms with Crippen LogP contribution in [-0.2, 0) is 9.22 Å². The Bertz CT molecular complexity index is 387. The van der Waals surface area contributed by atoms with E-state index in [1.165, 1.54) is 25.7 Å². The Labute approximate surface area is 136 Å². The van der Waals surface area contributed by atoms with E-state index >= 15 is 0 Å². The molecule has 0 aromatic carbocycles. The molecule has 1 amide bonds. The molecular weight excluding hydrogens is 292 g/mol. The topological polar surface area (TPSA) is 50.4 Å². The summed E-state index contributed by atoms with van der Waals surface area (Å²) in [6, 6.07) is -0.0214. The van der Waals surface area contributed by atoms with E-state index in [0.717, 1.165) is 19.5 Å². The van der Waals surface area contributed by atoms with Crippen molar-refractivity contribution in [2.24, 2.45) is 5.92 Å². The number of carbonyl (C=O) groups is 1. The van der Waals surface area contributed by atoms with Gasteiger partial charge in [0.25, 0.3) is 0 Å². The second-order valence-corrected chi connectivity index (χ2v) is 13.3. The van der Waals surface area contributed by atoms with E-state index in [1.54, 1.807) is 0 Å². The number of rotatable bonds is 6. The van der Waals surface area contributed by atoms with Gasteiger partial charge in [0.05, 0.1) is 12.1 Å². The number of amides is 1. The number of nitrogens with one attached hydrogen (secondary N) is 2. The van der Waals surface area contributed by atoms with Gasteiger partial charge in [-0.3, -0.25) is 4.79 Å². The van der Waals surface area contributed by atoms with Gasteiger partial charge in [0, 0.05) is 13.1 Å². The van der Waals surface area contributed by atoms with E-state index in [-0.39, 0.29) is 23.1 Å². The standard InChI is InChI=1S/C17H34N2O2Si/c1-17(2,3)22(4,5)21-15(13-8-6-7-9-13)12-19-14-10-11-18-16(14)20/h13-15,19H,6-12H2,1-5H3,(H,18,20). The summed E-state index contributed by atoms with van der Waals surface area (Å²) in [5.74, 6) is 0.809. The molecule has 0 aromatic rings. The van der Waals surface area contributed by atoms with Crippen molar-refractivity contribution in [1.82, 2.24) is 10.6 Å². The van der Waals surface area contributed by atoms with E-state index < -0.39 is 8.32 Å². The molecule has 0 spiro atoms. The van der Waals surface area contributed by atoms with Crippen LogP contribution in [0.3, 0.4) is 0 Å². The van der Waals surface area contributed by atoms with Crippen LogP contribution in [0.25, 0.3) is 0 Å². The Morgan fingerprint density at radius 3 is 2.41 bits per heavy atom. The van der Waals surface area contributed by atoms with Gasteiger partial charge in [-0.25, -0.2) is 0 Å². The Morgan fingerprint density at radius 1 is 1.27 bits per heavy atom. The zero-order chi connectivity index (χ0) is 16.4. The summed E-state index contributed by atoms with van der Waals surface area (Å²) < 4.78 is 6.73. The first kappa shape index (κ1) is 18.0. The SMILES string of the molecule is CC(C)(C)[Si](C)(C)OC(CNC1CCNC1=O)C1CCCC1. The molecule has 2 atom stereocenters. The highest BCUT2D eigenvalue weighted by Gasteiger charge is 2.41. The van der Waals surface area contributed by atoms with Crippen molar-refractivity contribution in [3.8, 4) is 0 Å². The fourth-order valence-corrected chi connectivity index (χ4v) is 4.62. The summed E-state index contributed by atoms with van der Waals surface area (Å²) in [5.41, 5.74) is 0. The quantitative estimate of drug-likeness (QED) is 0.738. The van der Waals surface area contributed by atoms with E-state index in [2.05, 4.69) is 44.5 Å². The Kier molecular flexibility index (Phi) is 5.72. The first-order valence-electron chi connectivity index (χ1n) is 8.89. The Morgan fingerprint density at radius 2 is 1.91 bits per heavy atom. The molecule has 128 valence electrons. The van der Waals surface area contributed by atoms with E-state index in [0.29, 0.717) is 5.92 Å². The lowest BCUT2D eigenvalue weighted by atomic mass is 10.0. The maximum absolute atomic E-state index is 11.7. The van der Waals surface area contributed by atoms with Gasteiger partial charge in [0.15, 0.2) is 8.32 Å². The molecule has 2 rings (SSSR count). The third-order valence-corrected chi connectivity index (χ3v) is 10.3. The van der Waals surface area contributed by atoms with Crippen molar-refractivity contribution < 1.29 is 9.22 Å². The molecule has 1 saturated heterocycles. The van der Waals surface area contributed by atoms with Crippen molar-refractivity contribution in [2.45, 2.75) is 83.2 Å². The summed E-state index contributed by atoms with van der Waals surface area (Å²) in [7, 11) is -1.77. The van der Waals surface area contributed by atoms with Crippen molar-refractivity contribution in [1.29, 1.82) is 0 Å². The Hall–Kier alpha value is -0.393. The lowest BCUT2D eigenvalue weighted by Crippen LogP contribution is -2.50. The molecule has 2 aliphatic rings. The van der Waals surface area contributed by atoms with Gasteiger partial charge >= 0.3 is 0 Å². The molecule has 0 radical (unpaired) electrons. The highest BCUT2D eigenvalue weighted by molar-refractivity contribution is 6.74. The molecule has 1 aliphatic carbocycles. The largest absolute Gasteiger partial charge is 0.412 e. The van der Waals surface area contributed by atoms with Crippen LogP contribution < -0.4 is 10.6 Å². The molecule has 0 aromatic heterocycles. The van der Waals surface area contributed by atoms with Gasteiger partial charge in [-0.2, -0.15) is 0 Å². The smallest absolute Gasteiger partial charge is 0.237 e. The third-order valence-electron chi connectivity index (χ3n) is 5.79. The average molecular weight is 327 g/mol. The van der Waals surface area contributed by atoms with Crippen LogP contribution in [0.4, 0.5) is 0 Å². The predicted molar refractivity (Wildman–Crippen MR) is 93.4 cm³/mol. The van der Waals surface area contributed by atoms with Gasteiger partial charge in [-0.15, -0.1) is 0 Å². The average Bonchev–Trinajstić information content (AvgIpc) is 3.04. The van der Waals surface area contributed by atoms with Crippen LogP contribution in [0, 0.1) is 5.92 Å². The highest BCUT2D eigenvalue weighted by Crippen LogP contribution is 2.40. The Balaban J connectivity index is 1.98. The molecule has 2 unspecified atom stereocenters. The summed E-state index contributed by atoms with van der Waals surface area (Å²) in [5, 5.41) is 6.60. The van der Waals surface area contributed by atoms with Crippen molar-refractivity contribution in [2.75, 3.05) is 13.1 Å². The fourth-order valence-electron chi connectivity index (χ4n) is 3.24. The monoisotopic (exact) mass is 326 g/mol. The summed E-state index contributed by atoms with van der Waals surface area (Å²) in [6.07, 6.45) is 6.36. The summed E-state index contributed by atoms with van der Waals surface area (Å²) in [6.45, 7) is 13.2. The molecule has 1 heterocycles. The third kappa shape index (κ3) is 4.33. The molecular formula is C17H34N2O2Si. The normalized spacial score (nSPS) is 25.5. The molecule has 0 bridgehead atoms. The molecule has 2 fully saturated rings. The van der Waals surface area contributed by atoms with Crippen LogP contribution in [0.2, 0.25) is 18.1 Å². The fraction of sp³-hybridized carbons (Fsp3) is 0.941. The lowest BCUT2D eigenvalue weighted by Gasteiger charge is -2.41. The lowest BCUT2D eigenvalue weighted by molar-refractivity contribution is -0.120. The van der Waals surface area contributed by atoms with E-state index in [4.69, 9.17) is 4.43 Å². The molecule has 2 N–H and O–H groups in total. The highest BCUT2D eigenvalue weighted by atomic mass is 28.4. The zero-order valence-corrected chi connectivity index (χ0v) is 16.0. The van der Waals surface area contributed by atoms with Gasteiger partial charge in [0.1, 0.15) is 0 Å². The zero-order valence-electron chi connectivity index (χ0n) is 15.0. The van der Waals surface area contributed by atoms with Crippen LogP contribution >= 0.6 is 0 Å². The first-order valence-corrected chi connectivity index (χ1v) is 11.8. The summed E-state index contributed by atoms with van der Waals surface area (Å²) in [4.78, 5) is 11.7. The molecule has 4 nitrogen and oxygen atoms in total. The minimum Gasteiger partial charge on any atom is -0.412 e. The van der Waals surface area contributed by atoms with Gasteiger partial charge in [-0.05, 0) is 43.3 Å². The van der Waals surface area contributed by atoms with Gasteiger partial charge in [0.2, 0.25) is 5.91 Å². The molecule has 5 heteroatoms. The van der Waals surface area contributed by atoms with Crippen molar-refractivity contribution in [3.63, 3.8) is 0 Å². The maximum Gasteiger partial charge on any atom is 0.237 e. The van der Waals surface area contributed by atoms with Gasteiger partial charge in [-0.1, -0.05) is 33.6 Å². The van der Waals surface area contributed by atoms with Crippen LogP contribution in [0.5, 0.6) is 0 Å². The minimum absolute atomic E-state index is 0.0214. The second kappa shape index (κ2) is 7.01. The summed E-state index contributed by atoms with van der Waals surface area (Å²) >= 11 is 0. The van der Waals surface area contributed by atoms with Crippen LogP contribution in [0.1, 0.15) is 52.9 Å². The van der Waals surface area contributed by atoms with Crippen LogP contribution in [0.15, 0.2) is 0 Å². The predicted octanol–water partition coefficient (Wildman–Crippen LogP) is 3.05. The molecule has 1 saturated carbocycles. The maximum atomic E-state index is 11.7. The van der Waals surface area contributed by atoms with Crippen LogP contribution in [-0.4, -0.2) is 39.5 Å². The second-order valence-electron chi connectivity index (χ2n) is 8.50. The van der Waals surface area contributed by atoms with Crippen molar-refractivity contribution >= 4 is 14.2 Å². The van der Waals surface area contributed by atoms with E-state index in [1.807, 2.05) is 0 Å². The molecule has 1 aliphatic heterocycles. The number of hydrogen-bond donors (Lipinski definition) is 2. The number of hydrogen-bond acceptors (Lipinski definition) is 3. The number of carbonyl (C=O) groups excluding carboxylic acids is 1. The van der Waals surface area contributed by atoms with E-state index in [9.17, 15) is 4.79 Å². The van der Waals surface area contributed by atoms with Crippen molar-refractivity contribution in [3.05, 3.63) is 0 Å². The molecule has 22 heavy (non-hydrogen) atoms. The first-order chi connectivity index (χ1) is 10.2. The van der Waals surface area contributed by atoms with Gasteiger partial charge < -0.3 is 15.1 Å². The minimum atomic E-state index is -1.77.